The minimum atomic E-state index is -0.690. The van der Waals surface area contributed by atoms with Crippen molar-refractivity contribution in [1.29, 1.82) is 0 Å². The van der Waals surface area contributed by atoms with Gasteiger partial charge in [-0.05, 0) is 27.7 Å². The van der Waals surface area contributed by atoms with Gasteiger partial charge in [0.05, 0.1) is 0 Å². The Labute approximate surface area is 80.9 Å². The average Bonchev–Trinajstić information content (AvgIpc) is 2.00. The Balaban J connectivity index is 4.10. The normalized spacial score (nSPS) is 11.0. The van der Waals surface area contributed by atoms with E-state index < -0.39 is 7.12 Å². The molecule has 0 rings (SSSR count). The van der Waals surface area contributed by atoms with Gasteiger partial charge in [0.25, 0.3) is 0 Å². The molecule has 0 spiro atoms. The highest BCUT2D eigenvalue weighted by atomic mass is 16.6. The minimum Gasteiger partial charge on any atom is -0.403 e. The summed E-state index contributed by atoms with van der Waals surface area (Å²) in [7, 11) is -0.690. The van der Waals surface area contributed by atoms with Gasteiger partial charge < -0.3 is 14.1 Å². The predicted octanol–water partition coefficient (Wildman–Crippen LogP) is 1.84. The molecule has 0 unspecified atom stereocenters. The van der Waals surface area contributed by atoms with E-state index in [4.69, 9.17) is 9.31 Å². The molecule has 0 bridgehead atoms. The van der Waals surface area contributed by atoms with Crippen molar-refractivity contribution < 1.29 is 14.1 Å². The zero-order valence-corrected chi connectivity index (χ0v) is 9.16. The van der Waals surface area contributed by atoms with Crippen LogP contribution in [0.25, 0.3) is 0 Å². The monoisotopic (exact) mass is 186 g/mol. The summed E-state index contributed by atoms with van der Waals surface area (Å²) in [5.74, 6) is 0. The van der Waals surface area contributed by atoms with Gasteiger partial charge in [0.15, 0.2) is 5.68 Å². The third-order valence-corrected chi connectivity index (χ3v) is 1.40. The molecule has 0 aromatic heterocycles. The van der Waals surface area contributed by atoms with Crippen molar-refractivity contribution >= 4 is 12.8 Å². The van der Waals surface area contributed by atoms with E-state index in [1.165, 1.54) is 0 Å². The van der Waals surface area contributed by atoms with Crippen LogP contribution in [0.1, 0.15) is 41.0 Å². The van der Waals surface area contributed by atoms with Crippen LogP contribution in [0.2, 0.25) is 0 Å². The van der Waals surface area contributed by atoms with Crippen molar-refractivity contribution in [2.75, 3.05) is 0 Å². The molecule has 76 valence electrons. The second kappa shape index (κ2) is 6.16. The van der Waals surface area contributed by atoms with E-state index in [0.717, 1.165) is 0 Å². The van der Waals surface area contributed by atoms with Crippen molar-refractivity contribution in [3.8, 4) is 0 Å². The maximum absolute atomic E-state index is 11.3. The smallest absolute Gasteiger partial charge is 0.403 e. The molecule has 0 saturated carbocycles. The molecule has 0 aliphatic carbocycles. The van der Waals surface area contributed by atoms with Crippen LogP contribution in [0.3, 0.4) is 0 Å². The van der Waals surface area contributed by atoms with Crippen LogP contribution in [0.4, 0.5) is 0 Å². The fourth-order valence-corrected chi connectivity index (χ4v) is 0.845. The fraction of sp³-hybridized carbons (Fsp3) is 0.889. The highest BCUT2D eigenvalue weighted by Gasteiger charge is 2.28. The molecular formula is C9H19BO3. The van der Waals surface area contributed by atoms with Crippen LogP contribution in [0, 0.1) is 0 Å². The lowest BCUT2D eigenvalue weighted by molar-refractivity contribution is -0.115. The first-order chi connectivity index (χ1) is 5.97. The van der Waals surface area contributed by atoms with Gasteiger partial charge in [0.2, 0.25) is 0 Å². The summed E-state index contributed by atoms with van der Waals surface area (Å²) in [6.07, 6.45) is 0.475. The predicted molar refractivity (Wildman–Crippen MR) is 53.5 cm³/mol. The molecule has 0 amide bonds. The maximum atomic E-state index is 11.3. The molecule has 0 aromatic carbocycles. The number of carbonyl (C=O) groups excluding carboxylic acids is 1. The van der Waals surface area contributed by atoms with Crippen molar-refractivity contribution in [3.05, 3.63) is 0 Å². The Kier molecular flexibility index (Phi) is 6.00. The Bertz CT molecular complexity index is 147. The Morgan fingerprint density at radius 2 is 1.54 bits per heavy atom. The van der Waals surface area contributed by atoms with Crippen molar-refractivity contribution in [2.45, 2.75) is 53.2 Å². The van der Waals surface area contributed by atoms with Gasteiger partial charge in [0, 0.05) is 18.6 Å². The number of hydrogen-bond donors (Lipinski definition) is 0. The van der Waals surface area contributed by atoms with Crippen LogP contribution in [0.5, 0.6) is 0 Å². The Hall–Kier alpha value is -0.345. The summed E-state index contributed by atoms with van der Waals surface area (Å²) >= 11 is 0. The first-order valence-corrected chi connectivity index (χ1v) is 4.81. The molecule has 0 aromatic rings. The molecule has 0 saturated heterocycles. The van der Waals surface area contributed by atoms with Crippen LogP contribution < -0.4 is 0 Å². The summed E-state index contributed by atoms with van der Waals surface area (Å²) in [6, 6.07) is 0. The van der Waals surface area contributed by atoms with Gasteiger partial charge in [-0.1, -0.05) is 6.92 Å². The fourth-order valence-electron chi connectivity index (χ4n) is 0.845. The summed E-state index contributed by atoms with van der Waals surface area (Å²) < 4.78 is 10.7. The third-order valence-electron chi connectivity index (χ3n) is 1.40. The van der Waals surface area contributed by atoms with E-state index in [1.807, 2.05) is 34.6 Å². The van der Waals surface area contributed by atoms with E-state index in [9.17, 15) is 4.79 Å². The van der Waals surface area contributed by atoms with E-state index in [-0.39, 0.29) is 17.9 Å². The molecule has 3 nitrogen and oxygen atoms in total. The first-order valence-electron chi connectivity index (χ1n) is 4.81. The number of hydrogen-bond acceptors (Lipinski definition) is 3. The van der Waals surface area contributed by atoms with E-state index >= 15 is 0 Å². The van der Waals surface area contributed by atoms with Crippen LogP contribution >= 0.6 is 0 Å². The second-order valence-corrected chi connectivity index (χ2v) is 3.52. The Morgan fingerprint density at radius 1 is 1.15 bits per heavy atom. The average molecular weight is 186 g/mol. The van der Waals surface area contributed by atoms with E-state index in [1.54, 1.807) is 0 Å². The molecule has 0 atom stereocenters. The molecular weight excluding hydrogens is 167 g/mol. The third kappa shape index (κ3) is 5.83. The van der Waals surface area contributed by atoms with Crippen molar-refractivity contribution in [3.63, 3.8) is 0 Å². The Morgan fingerprint density at radius 3 is 1.77 bits per heavy atom. The molecule has 0 radical (unpaired) electrons. The van der Waals surface area contributed by atoms with Gasteiger partial charge in [-0.3, -0.25) is 0 Å². The molecule has 0 N–H and O–H groups in total. The molecule has 0 heterocycles. The lowest BCUT2D eigenvalue weighted by Gasteiger charge is -2.17. The van der Waals surface area contributed by atoms with Gasteiger partial charge in [-0.25, -0.2) is 0 Å². The molecule has 4 heteroatoms. The highest BCUT2D eigenvalue weighted by molar-refractivity contribution is 6.80. The molecule has 0 aliphatic rings. The summed E-state index contributed by atoms with van der Waals surface area (Å²) in [5, 5.41) is 0. The van der Waals surface area contributed by atoms with Crippen molar-refractivity contribution in [2.24, 2.45) is 0 Å². The molecule has 0 aliphatic heterocycles. The van der Waals surface area contributed by atoms with Crippen LogP contribution in [-0.4, -0.2) is 25.0 Å². The maximum Gasteiger partial charge on any atom is 0.532 e. The summed E-state index contributed by atoms with van der Waals surface area (Å²) in [4.78, 5) is 11.3. The lowest BCUT2D eigenvalue weighted by atomic mass is 9.80. The largest absolute Gasteiger partial charge is 0.532 e. The van der Waals surface area contributed by atoms with Gasteiger partial charge in [-0.15, -0.1) is 0 Å². The van der Waals surface area contributed by atoms with Gasteiger partial charge in [0.1, 0.15) is 0 Å². The summed E-state index contributed by atoms with van der Waals surface area (Å²) in [5.41, 5.74) is 0.00222. The van der Waals surface area contributed by atoms with Crippen LogP contribution in [0.15, 0.2) is 0 Å². The zero-order valence-electron chi connectivity index (χ0n) is 9.16. The second-order valence-electron chi connectivity index (χ2n) is 3.52. The standard InChI is InChI=1S/C9H19BO3/c1-6-9(11)10(12-7(2)3)13-8(4)5/h7-8H,6H2,1-5H3. The quantitative estimate of drug-likeness (QED) is 0.593. The summed E-state index contributed by atoms with van der Waals surface area (Å²) in [6.45, 7) is 9.36. The highest BCUT2D eigenvalue weighted by Crippen LogP contribution is 2.03. The van der Waals surface area contributed by atoms with Gasteiger partial charge >= 0.3 is 7.12 Å². The minimum absolute atomic E-state index is 0.00222. The van der Waals surface area contributed by atoms with Crippen LogP contribution in [-0.2, 0) is 14.1 Å². The number of rotatable bonds is 6. The molecule has 13 heavy (non-hydrogen) atoms. The van der Waals surface area contributed by atoms with Crippen molar-refractivity contribution in [1.82, 2.24) is 0 Å². The molecule has 0 fully saturated rings. The SMILES string of the molecule is CCC(=O)B(OC(C)C)OC(C)C. The van der Waals surface area contributed by atoms with Gasteiger partial charge in [-0.2, -0.15) is 0 Å². The first kappa shape index (κ1) is 12.7. The van der Waals surface area contributed by atoms with E-state index in [2.05, 4.69) is 0 Å². The topological polar surface area (TPSA) is 35.5 Å². The number of carbonyl (C=O) groups is 1. The lowest BCUT2D eigenvalue weighted by Crippen LogP contribution is -2.37. The zero-order chi connectivity index (χ0) is 10.4. The van der Waals surface area contributed by atoms with E-state index in [0.29, 0.717) is 6.42 Å².